The minimum absolute atomic E-state index is 0.166. The van der Waals surface area contributed by atoms with Gasteiger partial charge in [-0.05, 0) is 49.4 Å². The van der Waals surface area contributed by atoms with Crippen LogP contribution in [0.4, 0.5) is 13.2 Å². The van der Waals surface area contributed by atoms with Crippen LogP contribution in [0.25, 0.3) is 21.9 Å². The summed E-state index contributed by atoms with van der Waals surface area (Å²) >= 11 is 6.50. The summed E-state index contributed by atoms with van der Waals surface area (Å²) in [6, 6.07) is 12.2. The van der Waals surface area contributed by atoms with Crippen LogP contribution in [0.15, 0.2) is 42.5 Å². The van der Waals surface area contributed by atoms with Gasteiger partial charge in [0.25, 0.3) is 0 Å². The van der Waals surface area contributed by atoms with E-state index in [9.17, 15) is 18.3 Å². The van der Waals surface area contributed by atoms with Gasteiger partial charge in [0.1, 0.15) is 0 Å². The van der Waals surface area contributed by atoms with E-state index in [4.69, 9.17) is 11.6 Å². The molecule has 0 unspecified atom stereocenters. The smallest absolute Gasteiger partial charge is 0.389 e. The number of alkyl halides is 3. The number of aromatic nitrogens is 3. The molecule has 2 aromatic heterocycles. The van der Waals surface area contributed by atoms with Crippen LogP contribution < -0.4 is 0 Å². The largest absolute Gasteiger partial charge is 0.449 e. The first-order valence-electron chi connectivity index (χ1n) is 10.3. The van der Waals surface area contributed by atoms with E-state index in [0.29, 0.717) is 10.5 Å². The predicted molar refractivity (Wildman–Crippen MR) is 114 cm³/mol. The third-order valence-electron chi connectivity index (χ3n) is 6.04. The van der Waals surface area contributed by atoms with Crippen LogP contribution >= 0.6 is 11.6 Å². The first-order chi connectivity index (χ1) is 14.8. The predicted octanol–water partition coefficient (Wildman–Crippen LogP) is 5.60. The van der Waals surface area contributed by atoms with E-state index in [1.807, 2.05) is 22.8 Å². The number of hydrogen-bond acceptors (Lipinski definition) is 2. The molecule has 1 N–H and O–H groups in total. The van der Waals surface area contributed by atoms with Crippen molar-refractivity contribution in [2.45, 2.75) is 51.1 Å². The van der Waals surface area contributed by atoms with E-state index in [-0.39, 0.29) is 18.6 Å². The lowest BCUT2D eigenvalue weighted by Crippen LogP contribution is -2.26. The average molecular weight is 448 g/mol. The molecule has 0 amide bonds. The molecule has 31 heavy (non-hydrogen) atoms. The van der Waals surface area contributed by atoms with Gasteiger partial charge in [0.15, 0.2) is 0 Å². The summed E-state index contributed by atoms with van der Waals surface area (Å²) < 4.78 is 43.9. The molecule has 0 bridgehead atoms. The fraction of sp³-hybridized carbons (Fsp3) is 0.348. The second kappa shape index (κ2) is 7.57. The number of imidazole rings is 1. The summed E-state index contributed by atoms with van der Waals surface area (Å²) in [5, 5.41) is 12.6. The molecule has 0 fully saturated rings. The van der Waals surface area contributed by atoms with E-state index in [1.165, 1.54) is 5.56 Å². The molecule has 1 aliphatic carbocycles. The molecule has 5 rings (SSSR count). The highest BCUT2D eigenvalue weighted by atomic mass is 35.5. The fourth-order valence-corrected chi connectivity index (χ4v) is 5.08. The van der Waals surface area contributed by atoms with Gasteiger partial charge in [-0.2, -0.15) is 13.2 Å². The summed E-state index contributed by atoms with van der Waals surface area (Å²) in [4.78, 5) is 3.77. The van der Waals surface area contributed by atoms with Crippen molar-refractivity contribution in [3.8, 4) is 0 Å². The SMILES string of the molecule is O[C@H](Cn1c(C(F)(F)F)nc2ccccc21)Cn1c2c(c3cccc(Cl)c31)CCCC2. The van der Waals surface area contributed by atoms with Gasteiger partial charge in [-0.1, -0.05) is 35.9 Å². The number of aliphatic hydroxyl groups is 1. The van der Waals surface area contributed by atoms with E-state index in [0.717, 1.165) is 46.8 Å². The van der Waals surface area contributed by atoms with Crippen LogP contribution in [0.2, 0.25) is 5.02 Å². The number of halogens is 4. The number of aliphatic hydroxyl groups excluding tert-OH is 1. The summed E-state index contributed by atoms with van der Waals surface area (Å²) in [7, 11) is 0. The lowest BCUT2D eigenvalue weighted by atomic mass is 9.95. The number of aryl methyl sites for hydroxylation is 1. The zero-order chi connectivity index (χ0) is 21.8. The molecule has 0 aliphatic heterocycles. The molecule has 8 heteroatoms. The summed E-state index contributed by atoms with van der Waals surface area (Å²) in [6.45, 7) is -0.0480. The van der Waals surface area contributed by atoms with Crippen molar-refractivity contribution in [1.82, 2.24) is 14.1 Å². The number of rotatable bonds is 4. The van der Waals surface area contributed by atoms with Crippen molar-refractivity contribution >= 4 is 33.5 Å². The third-order valence-corrected chi connectivity index (χ3v) is 6.35. The van der Waals surface area contributed by atoms with E-state index >= 15 is 0 Å². The van der Waals surface area contributed by atoms with E-state index < -0.39 is 18.1 Å². The maximum Gasteiger partial charge on any atom is 0.449 e. The molecule has 0 saturated heterocycles. The van der Waals surface area contributed by atoms with Gasteiger partial charge in [0.2, 0.25) is 5.82 Å². The molecule has 4 aromatic rings. The maximum absolute atomic E-state index is 13.6. The van der Waals surface area contributed by atoms with Crippen LogP contribution in [-0.2, 0) is 32.1 Å². The lowest BCUT2D eigenvalue weighted by molar-refractivity contribution is -0.147. The van der Waals surface area contributed by atoms with Crippen molar-refractivity contribution in [3.63, 3.8) is 0 Å². The molecule has 2 aromatic carbocycles. The van der Waals surface area contributed by atoms with E-state index in [1.54, 1.807) is 24.3 Å². The standard InChI is InChI=1S/C23H21ClF3N3O/c24-17-8-5-7-16-15-6-1-3-10-19(15)29(21(16)17)12-14(31)13-30-20-11-4-2-9-18(20)28-22(30)23(25,26)27/h2,4-5,7-9,11,14,31H,1,3,6,10,12-13H2/t14-/m0/s1. The van der Waals surface area contributed by atoms with Crippen LogP contribution in [-0.4, -0.2) is 25.3 Å². The number of fused-ring (bicyclic) bond motifs is 4. The Kier molecular flexibility index (Phi) is 4.98. The zero-order valence-corrected chi connectivity index (χ0v) is 17.4. The first-order valence-corrected chi connectivity index (χ1v) is 10.7. The van der Waals surface area contributed by atoms with Gasteiger partial charge in [0.05, 0.1) is 40.8 Å². The van der Waals surface area contributed by atoms with Crippen molar-refractivity contribution in [1.29, 1.82) is 0 Å². The Balaban J connectivity index is 1.54. The Hall–Kier alpha value is -2.51. The topological polar surface area (TPSA) is 43.0 Å². The highest BCUT2D eigenvalue weighted by Crippen LogP contribution is 2.36. The third kappa shape index (κ3) is 3.49. The van der Waals surface area contributed by atoms with Gasteiger partial charge >= 0.3 is 6.18 Å². The number of nitrogens with zero attached hydrogens (tertiary/aromatic N) is 3. The first kappa shape index (κ1) is 20.4. The Bertz CT molecular complexity index is 1270. The summed E-state index contributed by atoms with van der Waals surface area (Å²) in [5.74, 6) is -0.995. The van der Waals surface area contributed by atoms with Gasteiger partial charge in [-0.3, -0.25) is 0 Å². The molecule has 1 aliphatic rings. The van der Waals surface area contributed by atoms with E-state index in [2.05, 4.69) is 4.98 Å². The Labute approximate surface area is 181 Å². The number of benzene rings is 2. The van der Waals surface area contributed by atoms with Crippen molar-refractivity contribution in [2.24, 2.45) is 0 Å². The summed E-state index contributed by atoms with van der Waals surface area (Å²) in [6.07, 6.45) is -1.70. The molecule has 0 spiro atoms. The summed E-state index contributed by atoms with van der Waals surface area (Å²) in [5.41, 5.74) is 3.82. The second-order valence-corrected chi connectivity index (χ2v) is 8.47. The normalized spacial score (nSPS) is 15.5. The van der Waals surface area contributed by atoms with Gasteiger partial charge in [-0.15, -0.1) is 0 Å². The number of hydrogen-bond donors (Lipinski definition) is 1. The van der Waals surface area contributed by atoms with Crippen LogP contribution in [0.3, 0.4) is 0 Å². The van der Waals surface area contributed by atoms with Crippen LogP contribution in [0, 0.1) is 0 Å². The molecule has 4 nitrogen and oxygen atoms in total. The molecule has 162 valence electrons. The van der Waals surface area contributed by atoms with Gasteiger partial charge in [0, 0.05) is 11.1 Å². The second-order valence-electron chi connectivity index (χ2n) is 8.07. The molecule has 0 radical (unpaired) electrons. The van der Waals surface area contributed by atoms with Crippen LogP contribution in [0.1, 0.15) is 29.9 Å². The van der Waals surface area contributed by atoms with Gasteiger partial charge < -0.3 is 14.2 Å². The number of para-hydroxylation sites is 3. The molecular weight excluding hydrogens is 427 g/mol. The lowest BCUT2D eigenvalue weighted by Gasteiger charge is -2.20. The minimum Gasteiger partial charge on any atom is -0.389 e. The van der Waals surface area contributed by atoms with Crippen molar-refractivity contribution < 1.29 is 18.3 Å². The zero-order valence-electron chi connectivity index (χ0n) is 16.7. The molecule has 0 saturated carbocycles. The molecular formula is C23H21ClF3N3O. The monoisotopic (exact) mass is 447 g/mol. The Morgan fingerprint density at radius 1 is 1.00 bits per heavy atom. The minimum atomic E-state index is -4.61. The highest BCUT2D eigenvalue weighted by molar-refractivity contribution is 6.35. The molecule has 2 heterocycles. The Morgan fingerprint density at radius 2 is 1.74 bits per heavy atom. The van der Waals surface area contributed by atoms with Crippen molar-refractivity contribution in [3.05, 3.63) is 64.6 Å². The van der Waals surface area contributed by atoms with Crippen LogP contribution in [0.5, 0.6) is 0 Å². The molecule has 1 atom stereocenters. The maximum atomic E-state index is 13.6. The fourth-order valence-electron chi connectivity index (χ4n) is 4.80. The van der Waals surface area contributed by atoms with Gasteiger partial charge in [-0.25, -0.2) is 4.98 Å². The average Bonchev–Trinajstić information content (AvgIpc) is 3.26. The highest BCUT2D eigenvalue weighted by Gasteiger charge is 2.38. The quantitative estimate of drug-likeness (QED) is 0.442. The van der Waals surface area contributed by atoms with Crippen molar-refractivity contribution in [2.75, 3.05) is 0 Å². The Morgan fingerprint density at radius 3 is 2.55 bits per heavy atom.